The van der Waals surface area contributed by atoms with Crippen molar-refractivity contribution in [3.8, 4) is 11.5 Å². The Labute approximate surface area is 182 Å². The zero-order chi connectivity index (χ0) is 22.1. The first-order valence-corrected chi connectivity index (χ1v) is 10.2. The van der Waals surface area contributed by atoms with Crippen LogP contribution in [0, 0.1) is 10.1 Å². The number of hydrogen-bond acceptors (Lipinski definition) is 7. The molecule has 160 valence electrons. The minimum atomic E-state index is -0.438. The van der Waals surface area contributed by atoms with Crippen LogP contribution in [0.15, 0.2) is 65.3 Å². The maximum absolute atomic E-state index is 12.8. The minimum Gasteiger partial charge on any atom is -0.436 e. The quantitative estimate of drug-likeness (QED) is 0.363. The summed E-state index contributed by atoms with van der Waals surface area (Å²) in [5, 5.41) is 14.4. The van der Waals surface area contributed by atoms with Crippen molar-refractivity contribution in [1.82, 2.24) is 9.97 Å². The summed E-state index contributed by atoms with van der Waals surface area (Å²) in [6.45, 7) is 1.57. The molecule has 2 aromatic heterocycles. The Bertz CT molecular complexity index is 1310. The number of carbonyl (C=O) groups is 1. The van der Waals surface area contributed by atoms with Crippen LogP contribution in [0.3, 0.4) is 0 Å². The summed E-state index contributed by atoms with van der Waals surface area (Å²) >= 11 is 0. The van der Waals surface area contributed by atoms with Crippen molar-refractivity contribution in [1.29, 1.82) is 0 Å². The van der Waals surface area contributed by atoms with Crippen molar-refractivity contribution >= 4 is 34.1 Å². The first-order valence-electron chi connectivity index (χ1n) is 10.2. The van der Waals surface area contributed by atoms with Gasteiger partial charge in [-0.1, -0.05) is 0 Å². The molecule has 0 aliphatic carbocycles. The number of nitro benzene ring substituents is 1. The van der Waals surface area contributed by atoms with Gasteiger partial charge in [0.2, 0.25) is 5.89 Å². The third-order valence-corrected chi connectivity index (χ3v) is 5.45. The lowest BCUT2D eigenvalue weighted by Gasteiger charge is -2.17. The van der Waals surface area contributed by atoms with Gasteiger partial charge in [-0.05, 0) is 55.3 Å². The van der Waals surface area contributed by atoms with E-state index in [1.807, 2.05) is 4.90 Å². The van der Waals surface area contributed by atoms with Crippen molar-refractivity contribution < 1.29 is 14.1 Å². The lowest BCUT2D eigenvalue weighted by atomic mass is 10.1. The zero-order valence-electron chi connectivity index (χ0n) is 17.0. The number of rotatable bonds is 5. The predicted octanol–water partition coefficient (Wildman–Crippen LogP) is 4.65. The molecule has 2 aromatic carbocycles. The number of anilines is 2. The molecular formula is C23H19N5O4. The predicted molar refractivity (Wildman–Crippen MR) is 120 cm³/mol. The van der Waals surface area contributed by atoms with Gasteiger partial charge in [0.05, 0.1) is 4.92 Å². The number of aromatic nitrogens is 2. The molecule has 0 spiro atoms. The molecule has 0 atom stereocenters. The number of hydrogen-bond donors (Lipinski definition) is 1. The summed E-state index contributed by atoms with van der Waals surface area (Å²) in [5.41, 5.74) is 3.20. The number of fused-ring (bicyclic) bond motifs is 1. The molecule has 4 aromatic rings. The smallest absolute Gasteiger partial charge is 0.293 e. The maximum atomic E-state index is 12.8. The lowest BCUT2D eigenvalue weighted by molar-refractivity contribution is -0.384. The molecule has 0 bridgehead atoms. The van der Waals surface area contributed by atoms with Crippen LogP contribution in [0.25, 0.3) is 22.6 Å². The van der Waals surface area contributed by atoms with Gasteiger partial charge >= 0.3 is 0 Å². The van der Waals surface area contributed by atoms with Crippen LogP contribution in [-0.2, 0) is 0 Å². The standard InChI is InChI=1S/C23H19N5O4/c29-22(16-3-5-19(20(13-16)28(30)31)27-11-1-2-12-27)25-17-4-6-21-18(14-17)26-23(32-21)15-7-9-24-10-8-15/h3-10,13-14H,1-2,11-12H2,(H,25,29). The van der Waals surface area contributed by atoms with Gasteiger partial charge in [0.15, 0.2) is 5.58 Å². The van der Waals surface area contributed by atoms with E-state index in [0.717, 1.165) is 31.5 Å². The lowest BCUT2D eigenvalue weighted by Crippen LogP contribution is -2.19. The summed E-state index contributed by atoms with van der Waals surface area (Å²) in [6.07, 6.45) is 5.33. The average Bonchev–Trinajstić information content (AvgIpc) is 3.49. The first-order chi connectivity index (χ1) is 15.6. The number of pyridine rings is 1. The second kappa shape index (κ2) is 8.10. The molecule has 1 saturated heterocycles. The molecule has 1 N–H and O–H groups in total. The Morgan fingerprint density at radius 3 is 2.59 bits per heavy atom. The van der Waals surface area contributed by atoms with Crippen LogP contribution in [0.1, 0.15) is 23.2 Å². The van der Waals surface area contributed by atoms with Gasteiger partial charge in [-0.3, -0.25) is 19.9 Å². The number of nitrogens with one attached hydrogen (secondary N) is 1. The van der Waals surface area contributed by atoms with Gasteiger partial charge in [-0.25, -0.2) is 4.98 Å². The van der Waals surface area contributed by atoms with Crippen LogP contribution in [0.2, 0.25) is 0 Å². The Balaban J connectivity index is 1.39. The van der Waals surface area contributed by atoms with Crippen molar-refractivity contribution in [3.63, 3.8) is 0 Å². The molecular weight excluding hydrogens is 410 g/mol. The van der Waals surface area contributed by atoms with Crippen molar-refractivity contribution in [2.24, 2.45) is 0 Å². The second-order valence-electron chi connectivity index (χ2n) is 7.55. The number of amides is 1. The number of oxazole rings is 1. The van der Waals surface area contributed by atoms with E-state index >= 15 is 0 Å². The molecule has 32 heavy (non-hydrogen) atoms. The van der Waals surface area contributed by atoms with Crippen LogP contribution >= 0.6 is 0 Å². The van der Waals surface area contributed by atoms with Crippen LogP contribution in [0.5, 0.6) is 0 Å². The first kappa shape index (κ1) is 19.7. The van der Waals surface area contributed by atoms with E-state index in [4.69, 9.17) is 4.42 Å². The zero-order valence-corrected chi connectivity index (χ0v) is 17.0. The monoisotopic (exact) mass is 429 g/mol. The summed E-state index contributed by atoms with van der Waals surface area (Å²) in [7, 11) is 0. The number of carbonyl (C=O) groups excluding carboxylic acids is 1. The molecule has 1 amide bonds. The third kappa shape index (κ3) is 3.76. The average molecular weight is 429 g/mol. The van der Waals surface area contributed by atoms with Gasteiger partial charge in [0.25, 0.3) is 11.6 Å². The third-order valence-electron chi connectivity index (χ3n) is 5.45. The van der Waals surface area contributed by atoms with E-state index in [9.17, 15) is 14.9 Å². The number of nitrogens with zero attached hydrogens (tertiary/aromatic N) is 4. The highest BCUT2D eigenvalue weighted by atomic mass is 16.6. The molecule has 0 radical (unpaired) electrons. The molecule has 9 heteroatoms. The fraction of sp³-hybridized carbons (Fsp3) is 0.174. The molecule has 9 nitrogen and oxygen atoms in total. The molecule has 3 heterocycles. The molecule has 0 saturated carbocycles. The van der Waals surface area contributed by atoms with E-state index in [2.05, 4.69) is 15.3 Å². The van der Waals surface area contributed by atoms with Gasteiger partial charge in [-0.15, -0.1) is 0 Å². The van der Waals surface area contributed by atoms with E-state index < -0.39 is 10.8 Å². The Morgan fingerprint density at radius 1 is 1.06 bits per heavy atom. The largest absolute Gasteiger partial charge is 0.436 e. The molecule has 0 unspecified atom stereocenters. The SMILES string of the molecule is O=C(Nc1ccc2oc(-c3ccncc3)nc2c1)c1ccc(N2CCCC2)c([N+](=O)[O-])c1. The Morgan fingerprint density at radius 2 is 1.84 bits per heavy atom. The van der Waals surface area contributed by atoms with E-state index in [-0.39, 0.29) is 11.3 Å². The van der Waals surface area contributed by atoms with Crippen molar-refractivity contribution in [2.45, 2.75) is 12.8 Å². The molecule has 1 fully saturated rings. The second-order valence-corrected chi connectivity index (χ2v) is 7.55. The van der Waals surface area contributed by atoms with Gasteiger partial charge in [0, 0.05) is 48.4 Å². The normalized spacial score (nSPS) is 13.4. The molecule has 5 rings (SSSR count). The molecule has 1 aliphatic rings. The number of benzene rings is 2. The highest BCUT2D eigenvalue weighted by Crippen LogP contribution is 2.32. The highest BCUT2D eigenvalue weighted by molar-refractivity contribution is 6.05. The van der Waals surface area contributed by atoms with Crippen molar-refractivity contribution in [3.05, 3.63) is 76.6 Å². The fourth-order valence-corrected chi connectivity index (χ4v) is 3.86. The van der Waals surface area contributed by atoms with E-state index in [1.54, 1.807) is 54.9 Å². The summed E-state index contributed by atoms with van der Waals surface area (Å²) in [4.78, 5) is 34.4. The van der Waals surface area contributed by atoms with Gasteiger partial charge < -0.3 is 14.6 Å². The van der Waals surface area contributed by atoms with Crippen molar-refractivity contribution in [2.75, 3.05) is 23.3 Å². The topological polar surface area (TPSA) is 114 Å². The van der Waals surface area contributed by atoms with Gasteiger partial charge in [0.1, 0.15) is 11.2 Å². The van der Waals surface area contributed by atoms with E-state index in [0.29, 0.717) is 28.4 Å². The van der Waals surface area contributed by atoms with Gasteiger partial charge in [-0.2, -0.15) is 0 Å². The van der Waals surface area contributed by atoms with Crippen LogP contribution in [0.4, 0.5) is 17.1 Å². The van der Waals surface area contributed by atoms with Crippen LogP contribution < -0.4 is 10.2 Å². The summed E-state index contributed by atoms with van der Waals surface area (Å²) in [6, 6.07) is 13.3. The fourth-order valence-electron chi connectivity index (χ4n) is 3.86. The molecule has 1 aliphatic heterocycles. The van der Waals surface area contributed by atoms with Crippen LogP contribution in [-0.4, -0.2) is 33.9 Å². The maximum Gasteiger partial charge on any atom is 0.293 e. The minimum absolute atomic E-state index is 0.0616. The summed E-state index contributed by atoms with van der Waals surface area (Å²) in [5.74, 6) is 0.0253. The highest BCUT2D eigenvalue weighted by Gasteiger charge is 2.24. The van der Waals surface area contributed by atoms with E-state index in [1.165, 1.54) is 6.07 Å². The summed E-state index contributed by atoms with van der Waals surface area (Å²) < 4.78 is 5.77. The Hall–Kier alpha value is -4.27. The number of nitro groups is 1. The Kier molecular flexibility index (Phi) is 4.98.